The first-order chi connectivity index (χ1) is 12.6. The third kappa shape index (κ3) is 3.49. The number of amides is 1. The highest BCUT2D eigenvalue weighted by Gasteiger charge is 2.21. The van der Waals surface area contributed by atoms with Gasteiger partial charge in [-0.25, -0.2) is 4.39 Å². The van der Waals surface area contributed by atoms with E-state index < -0.39 is 0 Å². The fraction of sp³-hybridized carbons (Fsp3) is 0.316. The number of fused-ring (bicyclic) bond motifs is 2. The van der Waals surface area contributed by atoms with Gasteiger partial charge in [0, 0.05) is 28.8 Å². The zero-order valence-electron chi connectivity index (χ0n) is 14.1. The molecule has 0 aliphatic carbocycles. The van der Waals surface area contributed by atoms with Gasteiger partial charge in [0.25, 0.3) is 0 Å². The maximum atomic E-state index is 13.4. The van der Waals surface area contributed by atoms with Crippen LogP contribution in [0.25, 0.3) is 0 Å². The Morgan fingerprint density at radius 2 is 1.96 bits per heavy atom. The van der Waals surface area contributed by atoms with Crippen molar-refractivity contribution in [2.24, 2.45) is 0 Å². The Bertz CT molecular complexity index is 859. The highest BCUT2D eigenvalue weighted by Crippen LogP contribution is 2.38. The Morgan fingerprint density at radius 1 is 1.19 bits per heavy atom. The molecule has 0 aromatic heterocycles. The van der Waals surface area contributed by atoms with Crippen LogP contribution in [0.5, 0.6) is 11.5 Å². The Balaban J connectivity index is 1.49. The van der Waals surface area contributed by atoms with Crippen molar-refractivity contribution in [2.75, 3.05) is 36.5 Å². The Kier molecular flexibility index (Phi) is 4.72. The minimum atomic E-state index is -0.240. The van der Waals surface area contributed by atoms with E-state index in [1.165, 1.54) is 6.07 Å². The molecule has 0 bridgehead atoms. The topological polar surface area (TPSA) is 50.8 Å². The van der Waals surface area contributed by atoms with E-state index in [2.05, 4.69) is 21.2 Å². The van der Waals surface area contributed by atoms with Crippen LogP contribution in [0.1, 0.15) is 12.0 Å². The van der Waals surface area contributed by atoms with Crippen LogP contribution in [0.2, 0.25) is 0 Å². The fourth-order valence-corrected chi connectivity index (χ4v) is 3.75. The van der Waals surface area contributed by atoms with Crippen LogP contribution in [0.15, 0.2) is 34.8 Å². The molecule has 2 aliphatic rings. The van der Waals surface area contributed by atoms with Gasteiger partial charge in [-0.1, -0.05) is 0 Å². The number of hydrogen-bond acceptors (Lipinski definition) is 4. The summed E-state index contributed by atoms with van der Waals surface area (Å²) in [6.45, 7) is 1.98. The summed E-state index contributed by atoms with van der Waals surface area (Å²) in [6.07, 6.45) is 1.73. The molecule has 0 spiro atoms. The first-order valence-corrected chi connectivity index (χ1v) is 9.32. The SMILES string of the molecule is O=C(CN1CCCc2cc(F)ccc21)Nc1cc2c(cc1Br)OCCO2. The van der Waals surface area contributed by atoms with Crippen LogP contribution < -0.4 is 19.7 Å². The zero-order valence-corrected chi connectivity index (χ0v) is 15.6. The number of nitrogens with zero attached hydrogens (tertiary/aromatic N) is 1. The van der Waals surface area contributed by atoms with E-state index in [-0.39, 0.29) is 18.3 Å². The van der Waals surface area contributed by atoms with Crippen molar-refractivity contribution in [1.29, 1.82) is 0 Å². The van der Waals surface area contributed by atoms with E-state index in [1.54, 1.807) is 24.3 Å². The Hall–Kier alpha value is -2.28. The Labute approximate surface area is 159 Å². The van der Waals surface area contributed by atoms with E-state index in [0.29, 0.717) is 30.4 Å². The third-order valence-electron chi connectivity index (χ3n) is 4.50. The molecule has 2 aromatic rings. The van der Waals surface area contributed by atoms with E-state index >= 15 is 0 Å². The first-order valence-electron chi connectivity index (χ1n) is 8.52. The van der Waals surface area contributed by atoms with Crippen LogP contribution >= 0.6 is 15.9 Å². The van der Waals surface area contributed by atoms with E-state index in [4.69, 9.17) is 9.47 Å². The van der Waals surface area contributed by atoms with E-state index in [1.807, 2.05) is 4.90 Å². The number of aryl methyl sites for hydroxylation is 1. The Morgan fingerprint density at radius 3 is 2.77 bits per heavy atom. The number of nitrogens with one attached hydrogen (secondary N) is 1. The van der Waals surface area contributed by atoms with Crippen LogP contribution in [0.3, 0.4) is 0 Å². The second-order valence-electron chi connectivity index (χ2n) is 6.32. The van der Waals surface area contributed by atoms with Gasteiger partial charge in [-0.2, -0.15) is 0 Å². The molecule has 0 atom stereocenters. The standard InChI is InChI=1S/C19H18BrFN2O3/c20-14-9-17-18(26-7-6-25-17)10-15(14)22-19(24)11-23-5-1-2-12-8-13(21)3-4-16(12)23/h3-4,8-10H,1-2,5-7,11H2,(H,22,24). The molecule has 0 fully saturated rings. The highest BCUT2D eigenvalue weighted by atomic mass is 79.9. The van der Waals surface area contributed by atoms with Gasteiger partial charge in [0.05, 0.1) is 12.2 Å². The van der Waals surface area contributed by atoms with Gasteiger partial charge in [-0.3, -0.25) is 4.79 Å². The molecule has 136 valence electrons. The van der Waals surface area contributed by atoms with Gasteiger partial charge >= 0.3 is 0 Å². The summed E-state index contributed by atoms with van der Waals surface area (Å²) in [4.78, 5) is 14.5. The normalized spacial score (nSPS) is 15.4. The molecule has 2 aliphatic heterocycles. The lowest BCUT2D eigenvalue weighted by Crippen LogP contribution is -2.36. The maximum Gasteiger partial charge on any atom is 0.243 e. The van der Waals surface area contributed by atoms with Crippen LogP contribution in [-0.4, -0.2) is 32.2 Å². The molecule has 0 radical (unpaired) electrons. The zero-order chi connectivity index (χ0) is 18.1. The quantitative estimate of drug-likeness (QED) is 0.821. The summed E-state index contributed by atoms with van der Waals surface area (Å²) in [5.74, 6) is 0.900. The van der Waals surface area contributed by atoms with Gasteiger partial charge in [-0.05, 0) is 52.5 Å². The number of benzene rings is 2. The number of carbonyl (C=O) groups excluding carboxylic acids is 1. The van der Waals surface area contributed by atoms with Crippen molar-refractivity contribution in [3.8, 4) is 11.5 Å². The molecule has 1 N–H and O–H groups in total. The number of rotatable bonds is 3. The summed E-state index contributed by atoms with van der Waals surface area (Å²) >= 11 is 3.46. The second-order valence-corrected chi connectivity index (χ2v) is 7.18. The predicted octanol–water partition coefficient (Wildman–Crippen LogP) is 3.75. The van der Waals surface area contributed by atoms with Crippen molar-refractivity contribution >= 4 is 33.2 Å². The number of anilines is 2. The van der Waals surface area contributed by atoms with Gasteiger partial charge in [-0.15, -0.1) is 0 Å². The highest BCUT2D eigenvalue weighted by molar-refractivity contribution is 9.10. The minimum absolute atomic E-state index is 0.139. The van der Waals surface area contributed by atoms with Crippen molar-refractivity contribution < 1.29 is 18.7 Å². The average molecular weight is 421 g/mol. The summed E-state index contributed by atoms with van der Waals surface area (Å²) in [5.41, 5.74) is 2.51. The van der Waals surface area contributed by atoms with E-state index in [9.17, 15) is 9.18 Å². The molecule has 0 unspecified atom stereocenters. The summed E-state index contributed by atoms with van der Waals surface area (Å²) in [7, 11) is 0. The van der Waals surface area contributed by atoms with Crippen molar-refractivity contribution in [2.45, 2.75) is 12.8 Å². The van der Waals surface area contributed by atoms with Crippen molar-refractivity contribution in [1.82, 2.24) is 0 Å². The lowest BCUT2D eigenvalue weighted by molar-refractivity contribution is -0.115. The third-order valence-corrected chi connectivity index (χ3v) is 5.15. The second kappa shape index (κ2) is 7.15. The molecule has 4 rings (SSSR count). The van der Waals surface area contributed by atoms with Gasteiger partial charge in [0.2, 0.25) is 5.91 Å². The monoisotopic (exact) mass is 420 g/mol. The number of carbonyl (C=O) groups is 1. The van der Waals surface area contributed by atoms with Crippen molar-refractivity contribution in [3.05, 3.63) is 46.2 Å². The van der Waals surface area contributed by atoms with E-state index in [0.717, 1.165) is 35.1 Å². The molecule has 2 heterocycles. The molecule has 5 nitrogen and oxygen atoms in total. The number of ether oxygens (including phenoxy) is 2. The molecule has 0 saturated carbocycles. The number of hydrogen-bond donors (Lipinski definition) is 1. The van der Waals surface area contributed by atoms with Crippen LogP contribution in [0.4, 0.5) is 15.8 Å². The van der Waals surface area contributed by atoms with Crippen molar-refractivity contribution in [3.63, 3.8) is 0 Å². The van der Waals surface area contributed by atoms with Crippen LogP contribution in [-0.2, 0) is 11.2 Å². The average Bonchev–Trinajstić information content (AvgIpc) is 2.62. The van der Waals surface area contributed by atoms with Gasteiger partial charge in [0.15, 0.2) is 11.5 Å². The lowest BCUT2D eigenvalue weighted by atomic mass is 10.0. The first kappa shape index (κ1) is 17.1. The van der Waals surface area contributed by atoms with Gasteiger partial charge < -0.3 is 19.7 Å². The molecule has 1 amide bonds. The predicted molar refractivity (Wildman–Crippen MR) is 101 cm³/mol. The number of halogens is 2. The smallest absolute Gasteiger partial charge is 0.243 e. The molecule has 26 heavy (non-hydrogen) atoms. The molecular weight excluding hydrogens is 403 g/mol. The summed E-state index contributed by atoms with van der Waals surface area (Å²) < 4.78 is 25.3. The van der Waals surface area contributed by atoms with Crippen LogP contribution in [0, 0.1) is 5.82 Å². The van der Waals surface area contributed by atoms with Gasteiger partial charge in [0.1, 0.15) is 19.0 Å². The summed E-state index contributed by atoms with van der Waals surface area (Å²) in [6, 6.07) is 8.29. The maximum absolute atomic E-state index is 13.4. The molecular formula is C19H18BrFN2O3. The largest absolute Gasteiger partial charge is 0.486 e. The minimum Gasteiger partial charge on any atom is -0.486 e. The molecule has 2 aromatic carbocycles. The summed E-state index contributed by atoms with van der Waals surface area (Å²) in [5, 5.41) is 2.91. The molecule has 0 saturated heterocycles. The fourth-order valence-electron chi connectivity index (χ4n) is 3.33. The lowest BCUT2D eigenvalue weighted by Gasteiger charge is -2.30. The molecule has 7 heteroatoms.